The van der Waals surface area contributed by atoms with Crippen LogP contribution < -0.4 is 21.3 Å². The van der Waals surface area contributed by atoms with E-state index >= 15 is 0 Å². The highest BCUT2D eigenvalue weighted by atomic mass is 15.2. The molecule has 260 valence electrons. The standard InChI is InChI=1S/C45H60N4/c1-12-16-38-18-19-40(29(5)22-38)46-41(47-43-30(6)23-36(14-3)24-31(43)7)20-21-42(48-44-32(8)25-37(15-4)26-33(44)9)49-45-34(10)27-39(17-13-2)28-35(45)11/h12-18,22-25,27-28,37,40-42,46-49H,3-4,19-21,26H2,1-2,5-11H3/b16-12+,17-13+. The van der Waals surface area contributed by atoms with E-state index in [1.165, 1.54) is 67.2 Å². The van der Waals surface area contributed by atoms with E-state index in [4.69, 9.17) is 0 Å². The van der Waals surface area contributed by atoms with E-state index in [0.717, 1.165) is 31.2 Å². The molecule has 4 heteroatoms. The molecular weight excluding hydrogens is 597 g/mol. The van der Waals surface area contributed by atoms with Gasteiger partial charge in [-0.2, -0.15) is 0 Å². The summed E-state index contributed by atoms with van der Waals surface area (Å²) in [6.45, 7) is 27.8. The van der Waals surface area contributed by atoms with Crippen molar-refractivity contribution in [2.24, 2.45) is 5.92 Å². The van der Waals surface area contributed by atoms with Crippen molar-refractivity contribution in [2.75, 3.05) is 10.6 Å². The van der Waals surface area contributed by atoms with Gasteiger partial charge in [0.05, 0.1) is 12.3 Å². The third-order valence-corrected chi connectivity index (χ3v) is 9.83. The SMILES string of the molecule is C=Cc1cc(C)c(NC(CCC(NC2=C(C)CC(C=C)C=C2C)Nc2c(C)cc(/C=C/C)cc2C)NC2CC=C(/C=C/C)C=C2C)c(C)c1. The van der Waals surface area contributed by atoms with Crippen molar-refractivity contribution in [2.45, 2.75) is 106 Å². The summed E-state index contributed by atoms with van der Waals surface area (Å²) >= 11 is 0. The van der Waals surface area contributed by atoms with Gasteiger partial charge < -0.3 is 16.0 Å². The molecule has 0 radical (unpaired) electrons. The van der Waals surface area contributed by atoms with Crippen molar-refractivity contribution < 1.29 is 0 Å². The minimum absolute atomic E-state index is 0.0131. The number of aryl methyl sites for hydroxylation is 4. The van der Waals surface area contributed by atoms with Gasteiger partial charge in [-0.3, -0.25) is 5.32 Å². The number of benzene rings is 2. The quantitative estimate of drug-likeness (QED) is 0.114. The predicted molar refractivity (Wildman–Crippen MR) is 217 cm³/mol. The molecular formula is C45H60N4. The van der Waals surface area contributed by atoms with Crippen LogP contribution >= 0.6 is 0 Å². The van der Waals surface area contributed by atoms with Gasteiger partial charge in [-0.25, -0.2) is 0 Å². The van der Waals surface area contributed by atoms with Crippen LogP contribution in [0.25, 0.3) is 12.2 Å². The van der Waals surface area contributed by atoms with Crippen molar-refractivity contribution >= 4 is 23.5 Å². The third-order valence-electron chi connectivity index (χ3n) is 9.83. The predicted octanol–water partition coefficient (Wildman–Crippen LogP) is 11.4. The first-order chi connectivity index (χ1) is 23.5. The van der Waals surface area contributed by atoms with Gasteiger partial charge in [0.15, 0.2) is 0 Å². The van der Waals surface area contributed by atoms with E-state index in [1.54, 1.807) is 0 Å². The Bertz CT molecular complexity index is 1660. The van der Waals surface area contributed by atoms with E-state index < -0.39 is 0 Å². The van der Waals surface area contributed by atoms with E-state index in [9.17, 15) is 0 Å². The first kappa shape index (κ1) is 37.5. The highest BCUT2D eigenvalue weighted by Crippen LogP contribution is 2.31. The molecule has 2 aromatic rings. The average Bonchev–Trinajstić information content (AvgIpc) is 3.05. The zero-order valence-electron chi connectivity index (χ0n) is 31.6. The number of hydrogen-bond acceptors (Lipinski definition) is 4. The molecule has 0 saturated carbocycles. The van der Waals surface area contributed by atoms with Crippen LogP contribution in [-0.2, 0) is 0 Å². The number of anilines is 2. The summed E-state index contributed by atoms with van der Waals surface area (Å²) in [6.07, 6.45) is 23.4. The van der Waals surface area contributed by atoms with Crippen LogP contribution in [0.4, 0.5) is 11.4 Å². The molecule has 2 aliphatic rings. The van der Waals surface area contributed by atoms with Crippen LogP contribution in [0.1, 0.15) is 93.7 Å². The third kappa shape index (κ3) is 9.89. The summed E-state index contributed by atoms with van der Waals surface area (Å²) in [4.78, 5) is 0. The van der Waals surface area contributed by atoms with E-state index in [0.29, 0.717) is 5.92 Å². The molecule has 2 aromatic carbocycles. The zero-order chi connectivity index (χ0) is 35.7. The summed E-state index contributed by atoms with van der Waals surface area (Å²) in [7, 11) is 0. The molecule has 0 bridgehead atoms. The Hall–Kier alpha value is -4.28. The fraction of sp³-hybridized carbons (Fsp3) is 0.378. The Balaban J connectivity index is 1.67. The molecule has 0 heterocycles. The maximum atomic E-state index is 4.07. The molecule has 4 rings (SSSR count). The molecule has 0 spiro atoms. The van der Waals surface area contributed by atoms with Gasteiger partial charge in [-0.05, 0) is 168 Å². The van der Waals surface area contributed by atoms with Crippen LogP contribution in [0.3, 0.4) is 0 Å². The highest BCUT2D eigenvalue weighted by Gasteiger charge is 2.24. The van der Waals surface area contributed by atoms with Crippen molar-refractivity contribution in [3.05, 3.63) is 141 Å². The molecule has 0 aliphatic heterocycles. The van der Waals surface area contributed by atoms with Gasteiger partial charge in [0.25, 0.3) is 0 Å². The molecule has 0 saturated heterocycles. The van der Waals surface area contributed by atoms with Crippen molar-refractivity contribution in [3.63, 3.8) is 0 Å². The molecule has 0 aromatic heterocycles. The van der Waals surface area contributed by atoms with E-state index in [-0.39, 0.29) is 18.4 Å². The van der Waals surface area contributed by atoms with Crippen molar-refractivity contribution in [3.8, 4) is 0 Å². The monoisotopic (exact) mass is 656 g/mol. The summed E-state index contributed by atoms with van der Waals surface area (Å²) in [5.41, 5.74) is 16.3. The Kier molecular flexibility index (Phi) is 13.3. The largest absolute Gasteiger partial charge is 0.369 e. The molecule has 0 fully saturated rings. The first-order valence-electron chi connectivity index (χ1n) is 18.0. The Morgan fingerprint density at radius 3 is 1.86 bits per heavy atom. The van der Waals surface area contributed by atoms with Crippen LogP contribution in [0, 0.1) is 33.6 Å². The molecule has 0 amide bonds. The van der Waals surface area contributed by atoms with Gasteiger partial charge in [-0.15, -0.1) is 6.58 Å². The van der Waals surface area contributed by atoms with E-state index in [1.807, 2.05) is 6.08 Å². The lowest BCUT2D eigenvalue weighted by Crippen LogP contribution is -2.46. The maximum absolute atomic E-state index is 4.07. The fourth-order valence-electron chi connectivity index (χ4n) is 7.35. The number of rotatable bonds is 15. The van der Waals surface area contributed by atoms with Gasteiger partial charge in [0.2, 0.25) is 0 Å². The molecule has 4 unspecified atom stereocenters. The zero-order valence-corrected chi connectivity index (χ0v) is 31.6. The van der Waals surface area contributed by atoms with Gasteiger partial charge in [0, 0.05) is 23.1 Å². The summed E-state index contributed by atoms with van der Waals surface area (Å²) in [5, 5.41) is 16.0. The van der Waals surface area contributed by atoms with Gasteiger partial charge in [-0.1, -0.05) is 66.8 Å². The number of hydrogen-bond donors (Lipinski definition) is 4. The van der Waals surface area contributed by atoms with Gasteiger partial charge >= 0.3 is 0 Å². The Labute approximate surface area is 297 Å². The molecule has 4 atom stereocenters. The Morgan fingerprint density at radius 2 is 1.33 bits per heavy atom. The molecule has 2 aliphatic carbocycles. The van der Waals surface area contributed by atoms with Crippen LogP contribution in [-0.4, -0.2) is 18.4 Å². The highest BCUT2D eigenvalue weighted by molar-refractivity contribution is 5.65. The minimum atomic E-state index is 0.0131. The smallest absolute Gasteiger partial charge is 0.0965 e. The minimum Gasteiger partial charge on any atom is -0.369 e. The molecule has 4 nitrogen and oxygen atoms in total. The molecule has 49 heavy (non-hydrogen) atoms. The maximum Gasteiger partial charge on any atom is 0.0965 e. The van der Waals surface area contributed by atoms with Gasteiger partial charge in [0.1, 0.15) is 0 Å². The summed E-state index contributed by atoms with van der Waals surface area (Å²) in [6, 6.07) is 9.24. The molecule has 4 N–H and O–H groups in total. The second-order valence-corrected chi connectivity index (χ2v) is 14.0. The lowest BCUT2D eigenvalue weighted by atomic mass is 9.89. The van der Waals surface area contributed by atoms with Crippen LogP contribution in [0.5, 0.6) is 0 Å². The Morgan fingerprint density at radius 1 is 0.755 bits per heavy atom. The lowest BCUT2D eigenvalue weighted by Gasteiger charge is -2.33. The summed E-state index contributed by atoms with van der Waals surface area (Å²) in [5.74, 6) is 0.381. The topological polar surface area (TPSA) is 48.1 Å². The summed E-state index contributed by atoms with van der Waals surface area (Å²) < 4.78 is 0. The normalized spacial score (nSPS) is 19.3. The second kappa shape index (κ2) is 17.4. The van der Waals surface area contributed by atoms with Crippen LogP contribution in [0.2, 0.25) is 0 Å². The van der Waals surface area contributed by atoms with E-state index in [2.05, 4.69) is 170 Å². The van der Waals surface area contributed by atoms with Crippen LogP contribution in [0.15, 0.2) is 108 Å². The second-order valence-electron chi connectivity index (χ2n) is 14.0. The van der Waals surface area contributed by atoms with Crippen molar-refractivity contribution in [1.29, 1.82) is 0 Å². The fourth-order valence-corrected chi connectivity index (χ4v) is 7.35. The lowest BCUT2D eigenvalue weighted by molar-refractivity contribution is 0.431. The first-order valence-corrected chi connectivity index (χ1v) is 18.0. The van der Waals surface area contributed by atoms with Crippen molar-refractivity contribution in [1.82, 2.24) is 10.6 Å². The number of nitrogens with one attached hydrogen (secondary N) is 4. The average molecular weight is 657 g/mol. The number of allylic oxidation sites excluding steroid dienone is 9.